The Balaban J connectivity index is 0.00000106. The van der Waals surface area contributed by atoms with Gasteiger partial charge in [0.15, 0.2) is 11.6 Å². The molecule has 0 amide bonds. The maximum Gasteiger partial charge on any atom is 1.00 e. The van der Waals surface area contributed by atoms with Crippen LogP contribution in [0.25, 0.3) is 5.43 Å². The summed E-state index contributed by atoms with van der Waals surface area (Å²) in [6.07, 6.45) is 4.13. The van der Waals surface area contributed by atoms with E-state index in [1.807, 2.05) is 0 Å². The number of carboxylic acids is 1. The van der Waals surface area contributed by atoms with Gasteiger partial charge in [0.05, 0.1) is 23.4 Å². The Kier molecular flexibility index (Phi) is 23.0. The van der Waals surface area contributed by atoms with Crippen molar-refractivity contribution in [1.29, 1.82) is 0 Å². The van der Waals surface area contributed by atoms with Gasteiger partial charge in [-0.2, -0.15) is 31.5 Å². The number of aromatic hydroxyl groups is 1. The summed E-state index contributed by atoms with van der Waals surface area (Å²) in [6.45, 7) is 1.75. The molecule has 0 unspecified atom stereocenters. The number of hydrogen-bond acceptors (Lipinski definition) is 17. The number of carbonyl (C=O) groups is 1. The van der Waals surface area contributed by atoms with E-state index in [1.165, 1.54) is 48.7 Å². The Labute approximate surface area is 361 Å². The Morgan fingerprint density at radius 1 is 0.902 bits per heavy atom. The summed E-state index contributed by atoms with van der Waals surface area (Å²) in [6, 6.07) is 19.5. The molecule has 0 fully saturated rings. The van der Waals surface area contributed by atoms with Gasteiger partial charge in [0.25, 0.3) is 20.2 Å². The number of nitrogens with zero attached hydrogens (tertiary/aromatic N) is 8. The second kappa shape index (κ2) is 26.4. The average Bonchev–Trinajstić information content (AvgIpc) is 3.22. The number of azo groups is 2. The van der Waals surface area contributed by atoms with Crippen molar-refractivity contribution in [2.24, 2.45) is 25.6 Å². The smallest absolute Gasteiger partial charge is 0.573 e. The molecule has 1 aromatic heterocycles. The predicted molar refractivity (Wildman–Crippen MR) is 214 cm³/mol. The fourth-order valence-electron chi connectivity index (χ4n) is 4.04. The summed E-state index contributed by atoms with van der Waals surface area (Å²) < 4.78 is 91.1. The summed E-state index contributed by atoms with van der Waals surface area (Å²) in [5.74, 6) is -3.30. The average molecular weight is 958 g/mol. The molecule has 330 valence electrons. The van der Waals surface area contributed by atoms with Gasteiger partial charge >= 0.3 is 23.0 Å². The molecule has 5 aromatic rings. The Hall–Kier alpha value is -5.87. The molecule has 0 aliphatic heterocycles. The van der Waals surface area contributed by atoms with Gasteiger partial charge in [0, 0.05) is 54.4 Å². The van der Waals surface area contributed by atoms with E-state index in [0.29, 0.717) is 36.2 Å². The van der Waals surface area contributed by atoms with E-state index >= 15 is 0 Å². The van der Waals surface area contributed by atoms with Crippen molar-refractivity contribution in [1.82, 2.24) is 9.97 Å². The number of anilines is 1. The zero-order valence-corrected chi connectivity index (χ0v) is 35.1. The van der Waals surface area contributed by atoms with Crippen LogP contribution in [-0.4, -0.2) is 83.7 Å². The minimum atomic E-state index is -5.19. The van der Waals surface area contributed by atoms with E-state index in [2.05, 4.69) is 55.6 Å². The molecule has 61 heavy (non-hydrogen) atoms. The van der Waals surface area contributed by atoms with E-state index < -0.39 is 53.4 Å². The molecule has 1 heterocycles. The summed E-state index contributed by atoms with van der Waals surface area (Å²) in [4.78, 5) is 16.1. The summed E-state index contributed by atoms with van der Waals surface area (Å²) in [7, 11) is -7.96. The third-order valence-electron chi connectivity index (χ3n) is 6.78. The fraction of sp³-hybridized carbons (Fsp3) is 0.118. The van der Waals surface area contributed by atoms with Gasteiger partial charge < -0.3 is 26.1 Å². The van der Waals surface area contributed by atoms with Crippen LogP contribution in [0.2, 0.25) is 0 Å². The fourth-order valence-corrected chi connectivity index (χ4v) is 5.33. The van der Waals surface area contributed by atoms with E-state index in [9.17, 15) is 49.7 Å². The third-order valence-corrected chi connectivity index (χ3v) is 8.68. The first-order valence-electron chi connectivity index (χ1n) is 15.9. The maximum absolute atomic E-state index is 11.8. The van der Waals surface area contributed by atoms with Crippen molar-refractivity contribution >= 4 is 72.5 Å². The molecule has 0 radical (unpaired) electrons. The van der Waals surface area contributed by atoms with Crippen LogP contribution in [0.15, 0.2) is 133 Å². The number of benzene rings is 4. The Morgan fingerprint density at radius 3 is 2.08 bits per heavy atom. The molecule has 0 saturated carbocycles. The van der Waals surface area contributed by atoms with Crippen LogP contribution in [0.1, 0.15) is 21.5 Å². The molecule has 27 heteroatoms. The molecular formula is C34H34CuF2N9O12S3. The van der Waals surface area contributed by atoms with E-state index in [0.717, 1.165) is 24.1 Å². The topological polar surface area (TPSA) is 319 Å². The van der Waals surface area contributed by atoms with Crippen LogP contribution in [0.5, 0.6) is 5.75 Å². The molecule has 21 nitrogen and oxygen atoms in total. The molecule has 0 aliphatic rings. The zero-order valence-electron chi connectivity index (χ0n) is 31.7. The molecular weight excluding hydrogens is 924 g/mol. The number of halogens is 2. The molecule has 0 spiro atoms. The number of aryl methyl sites for hydroxylation is 1. The van der Waals surface area contributed by atoms with Crippen molar-refractivity contribution in [2.45, 2.75) is 16.7 Å². The number of amidine groups is 1. The number of alkyl halides is 1. The van der Waals surface area contributed by atoms with E-state index in [-0.39, 0.29) is 39.7 Å². The number of aromatic carboxylic acids is 1. The molecule has 4 aromatic carbocycles. The molecule has 0 aliphatic carbocycles. The molecule has 0 saturated heterocycles. The number of carboxylic acid groups (broad SMARTS) is 1. The van der Waals surface area contributed by atoms with E-state index in [4.69, 9.17) is 5.26 Å². The SMILES string of the molecule is CF.CNc1ccc(N=Nc2cc(C(N=Nc3cc(S(=O)(=O)O)cc(S(=O)(=O)O)c3O)=N[N-]c3ccccc3C(=O)O)ccc2C)cc1.CSOOO.Fc1ccncn1.[Cu+]. The number of phenols is 1. The molecule has 0 bridgehead atoms. The van der Waals surface area contributed by atoms with Gasteiger partial charge in [0.2, 0.25) is 5.95 Å². The number of phenolic OH excluding ortho intramolecular Hbond substituents is 1. The van der Waals surface area contributed by atoms with Crippen LogP contribution in [0.4, 0.5) is 37.2 Å². The Bertz CT molecular complexity index is 2510. The monoisotopic (exact) mass is 957 g/mol. The van der Waals surface area contributed by atoms with E-state index in [1.54, 1.807) is 50.6 Å². The number of nitrogens with one attached hydrogen (secondary N) is 1. The number of aromatic nitrogens is 2. The number of rotatable bonds is 12. The van der Waals surface area contributed by atoms with Crippen molar-refractivity contribution in [3.05, 3.63) is 126 Å². The molecule has 6 N–H and O–H groups in total. The molecule has 5 rings (SSSR count). The number of hydrogen-bond donors (Lipinski definition) is 6. The third kappa shape index (κ3) is 17.7. The zero-order chi connectivity index (χ0) is 44.9. The first-order chi connectivity index (χ1) is 28.5. The van der Waals surface area contributed by atoms with Gasteiger partial charge in [-0.3, -0.25) is 13.5 Å². The van der Waals surface area contributed by atoms with Crippen LogP contribution in [0, 0.1) is 12.9 Å². The van der Waals surface area contributed by atoms with Crippen LogP contribution in [-0.2, 0) is 46.7 Å². The first-order valence-corrected chi connectivity index (χ1v) is 20.0. The summed E-state index contributed by atoms with van der Waals surface area (Å²) in [5.41, 5.74) is 5.56. The summed E-state index contributed by atoms with van der Waals surface area (Å²) >= 11 is 0.929. The van der Waals surface area contributed by atoms with Crippen molar-refractivity contribution in [2.75, 3.05) is 25.8 Å². The Morgan fingerprint density at radius 2 is 1.57 bits per heavy atom. The first kappa shape index (κ1) is 53.1. The summed E-state index contributed by atoms with van der Waals surface area (Å²) in [5, 5.41) is 53.6. The van der Waals surface area contributed by atoms with Crippen molar-refractivity contribution in [3.63, 3.8) is 0 Å². The van der Waals surface area contributed by atoms with Gasteiger partial charge in [-0.25, -0.2) is 20.0 Å². The largest absolute Gasteiger partial charge is 1.00 e. The van der Waals surface area contributed by atoms with Gasteiger partial charge in [0.1, 0.15) is 16.9 Å². The van der Waals surface area contributed by atoms with Crippen LogP contribution < -0.4 is 5.32 Å². The minimum Gasteiger partial charge on any atom is -0.573 e. The van der Waals surface area contributed by atoms with Crippen molar-refractivity contribution in [3.8, 4) is 5.75 Å². The van der Waals surface area contributed by atoms with Crippen LogP contribution >= 0.6 is 12.0 Å². The van der Waals surface area contributed by atoms with Gasteiger partial charge in [-0.15, -0.1) is 20.2 Å². The second-order valence-corrected chi connectivity index (χ2v) is 13.9. The standard InChI is InChI=1S/C28H25N7O9S2.C4H3FN2.CH3F.CH4O3S.Cu/c1-16-7-8-17(13-23(16)32-30-19-11-9-18(29-2)10-12-19)27(34-31-22-6-4-3-5-21(22)28(37)38)35-33-24-14-20(45(39,40)41)15-25(26(24)36)46(42,43)44;5-4-1-2-6-3-7-4;1-2;1-5-4-3-2;/h3-15H,1-2H3,(H6,29,30,31,32,33,34,35,36,37,38,39,40,41,42,43,44);1-3H;1H3;2H,1H3;/q;;;;+1/p-1. The maximum atomic E-state index is 11.8. The van der Waals surface area contributed by atoms with Crippen molar-refractivity contribution < 1.29 is 81.4 Å². The molecule has 0 atom stereocenters. The van der Waals surface area contributed by atoms with Gasteiger partial charge in [-0.05, 0) is 61.0 Å². The predicted octanol–water partition coefficient (Wildman–Crippen LogP) is 8.38. The van der Waals surface area contributed by atoms with Gasteiger partial charge in [-0.1, -0.05) is 35.4 Å². The normalized spacial score (nSPS) is 11.2. The minimum absolute atomic E-state index is 0. The quantitative estimate of drug-likeness (QED) is 0.00787. The second-order valence-electron chi connectivity index (χ2n) is 10.6. The van der Waals surface area contributed by atoms with Crippen LogP contribution in [0.3, 0.4) is 0 Å².